The van der Waals surface area contributed by atoms with Gasteiger partial charge in [0.05, 0.1) is 11.4 Å². The van der Waals surface area contributed by atoms with Crippen molar-refractivity contribution in [3.8, 4) is 22.5 Å². The molecular formula is C23H16F2N4OS. The first-order valence-corrected chi connectivity index (χ1v) is 10.6. The van der Waals surface area contributed by atoms with Crippen LogP contribution in [0.5, 0.6) is 0 Å². The summed E-state index contributed by atoms with van der Waals surface area (Å²) in [5, 5.41) is 3.66. The Morgan fingerprint density at radius 2 is 1.68 bits per heavy atom. The molecule has 5 nitrogen and oxygen atoms in total. The Balaban J connectivity index is 1.52. The van der Waals surface area contributed by atoms with Crippen LogP contribution in [0.15, 0.2) is 72.0 Å². The molecule has 5 rings (SSSR count). The first-order valence-electron chi connectivity index (χ1n) is 9.61. The lowest BCUT2D eigenvalue weighted by atomic mass is 10.1. The van der Waals surface area contributed by atoms with E-state index in [1.165, 1.54) is 36.4 Å². The minimum absolute atomic E-state index is 0.305. The maximum Gasteiger partial charge on any atom is 0.256 e. The van der Waals surface area contributed by atoms with Crippen LogP contribution in [-0.2, 0) is 6.54 Å². The van der Waals surface area contributed by atoms with E-state index in [0.29, 0.717) is 11.4 Å². The van der Waals surface area contributed by atoms with Crippen molar-refractivity contribution in [2.24, 2.45) is 0 Å². The van der Waals surface area contributed by atoms with Gasteiger partial charge >= 0.3 is 0 Å². The van der Waals surface area contributed by atoms with Crippen molar-refractivity contribution in [3.05, 3.63) is 84.1 Å². The van der Waals surface area contributed by atoms with Gasteiger partial charge in [-0.25, -0.2) is 18.7 Å². The Bertz CT molecular complexity index is 1270. The average molecular weight is 434 g/mol. The van der Waals surface area contributed by atoms with Crippen LogP contribution in [0.3, 0.4) is 0 Å². The van der Waals surface area contributed by atoms with Crippen molar-refractivity contribution in [3.63, 3.8) is 0 Å². The van der Waals surface area contributed by atoms with E-state index in [9.17, 15) is 13.6 Å². The van der Waals surface area contributed by atoms with Gasteiger partial charge in [0, 0.05) is 35.2 Å². The van der Waals surface area contributed by atoms with Crippen LogP contribution in [0.4, 0.5) is 14.6 Å². The second-order valence-electron chi connectivity index (χ2n) is 6.99. The molecule has 0 saturated carbocycles. The highest BCUT2D eigenvalue weighted by Crippen LogP contribution is 2.39. The lowest BCUT2D eigenvalue weighted by Crippen LogP contribution is -2.13. The zero-order chi connectivity index (χ0) is 21.4. The maximum atomic E-state index is 13.4. The summed E-state index contributed by atoms with van der Waals surface area (Å²) in [6.07, 6.45) is 1.62. The molecule has 4 aromatic rings. The number of aromatic nitrogens is 3. The van der Waals surface area contributed by atoms with E-state index in [4.69, 9.17) is 4.98 Å². The quantitative estimate of drug-likeness (QED) is 0.477. The van der Waals surface area contributed by atoms with Crippen LogP contribution in [0, 0.1) is 11.6 Å². The Kier molecular flexibility index (Phi) is 4.99. The fourth-order valence-corrected chi connectivity index (χ4v) is 4.47. The van der Waals surface area contributed by atoms with Gasteiger partial charge in [-0.05, 0) is 60.7 Å². The molecule has 0 fully saturated rings. The molecule has 0 atom stereocenters. The van der Waals surface area contributed by atoms with E-state index < -0.39 is 5.82 Å². The van der Waals surface area contributed by atoms with Crippen molar-refractivity contribution >= 4 is 23.5 Å². The number of thioether (sulfide) groups is 1. The fraction of sp³-hybridized carbons (Fsp3) is 0.0870. The molecule has 0 radical (unpaired) electrons. The Morgan fingerprint density at radius 1 is 0.968 bits per heavy atom. The SMILES string of the molecule is O=C(Nc1cc(-c2c(-c3ccc(F)cc3)nc3n2CCS3)ccn1)c1ccc(F)cc1. The number of benzene rings is 2. The molecule has 0 saturated heterocycles. The summed E-state index contributed by atoms with van der Waals surface area (Å²) in [6, 6.07) is 15.2. The van der Waals surface area contributed by atoms with Gasteiger partial charge in [0.25, 0.3) is 5.91 Å². The molecular weight excluding hydrogens is 418 g/mol. The Labute approximate surface area is 181 Å². The number of fused-ring (bicyclic) bond motifs is 1. The van der Waals surface area contributed by atoms with Crippen molar-refractivity contribution < 1.29 is 13.6 Å². The van der Waals surface area contributed by atoms with Crippen LogP contribution >= 0.6 is 11.8 Å². The van der Waals surface area contributed by atoms with Crippen molar-refractivity contribution in [1.29, 1.82) is 0 Å². The number of hydrogen-bond acceptors (Lipinski definition) is 4. The van der Waals surface area contributed by atoms with Gasteiger partial charge in [-0.3, -0.25) is 4.79 Å². The summed E-state index contributed by atoms with van der Waals surface area (Å²) in [5.74, 6) is 0.215. The minimum Gasteiger partial charge on any atom is -0.318 e. The van der Waals surface area contributed by atoms with Crippen LogP contribution in [0.2, 0.25) is 0 Å². The summed E-state index contributed by atoms with van der Waals surface area (Å²) in [6.45, 7) is 0.809. The molecule has 1 amide bonds. The normalized spacial score (nSPS) is 12.6. The number of hydrogen-bond donors (Lipinski definition) is 1. The standard InChI is InChI=1S/C23H16F2N4OS/c24-17-5-1-14(2-6-17)20-21(29-11-12-31-23(29)28-20)16-9-10-26-19(13-16)27-22(30)15-3-7-18(25)8-4-15/h1-10,13H,11-12H2,(H,26,27,30). The van der Waals surface area contributed by atoms with Crippen LogP contribution < -0.4 is 5.32 Å². The first-order chi connectivity index (χ1) is 15.1. The molecule has 2 aromatic heterocycles. The van der Waals surface area contributed by atoms with E-state index in [-0.39, 0.29) is 11.7 Å². The number of carbonyl (C=O) groups is 1. The molecule has 1 aliphatic heterocycles. The number of amides is 1. The van der Waals surface area contributed by atoms with Gasteiger partial charge in [-0.15, -0.1) is 0 Å². The van der Waals surface area contributed by atoms with Gasteiger partial charge in [0.1, 0.15) is 17.5 Å². The van der Waals surface area contributed by atoms with Gasteiger partial charge in [-0.1, -0.05) is 11.8 Å². The topological polar surface area (TPSA) is 59.8 Å². The molecule has 0 unspecified atom stereocenters. The van der Waals surface area contributed by atoms with Crippen molar-refractivity contribution in [1.82, 2.24) is 14.5 Å². The van der Waals surface area contributed by atoms with E-state index in [2.05, 4.69) is 14.9 Å². The number of halogens is 2. The van der Waals surface area contributed by atoms with E-state index in [0.717, 1.165) is 40.0 Å². The van der Waals surface area contributed by atoms with Crippen LogP contribution in [-0.4, -0.2) is 26.2 Å². The number of nitrogens with zero attached hydrogens (tertiary/aromatic N) is 3. The fourth-order valence-electron chi connectivity index (χ4n) is 3.52. The van der Waals surface area contributed by atoms with E-state index in [1.807, 2.05) is 6.07 Å². The predicted molar refractivity (Wildman–Crippen MR) is 116 cm³/mol. The molecule has 2 aromatic carbocycles. The van der Waals surface area contributed by atoms with Crippen LogP contribution in [0.25, 0.3) is 22.5 Å². The Hall–Kier alpha value is -3.52. The summed E-state index contributed by atoms with van der Waals surface area (Å²) in [7, 11) is 0. The lowest BCUT2D eigenvalue weighted by Gasteiger charge is -2.10. The predicted octanol–water partition coefficient (Wildman–Crippen LogP) is 5.25. The maximum absolute atomic E-state index is 13.4. The van der Waals surface area contributed by atoms with Gasteiger partial charge in [0.2, 0.25) is 0 Å². The van der Waals surface area contributed by atoms with E-state index >= 15 is 0 Å². The third-order valence-corrected chi connectivity index (χ3v) is 5.93. The highest BCUT2D eigenvalue weighted by molar-refractivity contribution is 7.99. The molecule has 31 heavy (non-hydrogen) atoms. The summed E-state index contributed by atoms with van der Waals surface area (Å²) < 4.78 is 28.7. The largest absolute Gasteiger partial charge is 0.318 e. The molecule has 0 bridgehead atoms. The van der Waals surface area contributed by atoms with Gasteiger partial charge in [-0.2, -0.15) is 0 Å². The molecule has 154 valence electrons. The summed E-state index contributed by atoms with van der Waals surface area (Å²) in [5.41, 5.74) is 3.63. The lowest BCUT2D eigenvalue weighted by molar-refractivity contribution is 0.102. The number of rotatable bonds is 4. The smallest absolute Gasteiger partial charge is 0.256 e. The third kappa shape index (κ3) is 3.82. The molecule has 3 heterocycles. The second-order valence-corrected chi connectivity index (χ2v) is 8.05. The molecule has 1 N–H and O–H groups in total. The van der Waals surface area contributed by atoms with Gasteiger partial charge < -0.3 is 9.88 Å². The first kappa shape index (κ1) is 19.4. The summed E-state index contributed by atoms with van der Waals surface area (Å²) >= 11 is 1.67. The molecule has 1 aliphatic rings. The second kappa shape index (κ2) is 7.96. The Morgan fingerprint density at radius 3 is 2.42 bits per heavy atom. The van der Waals surface area contributed by atoms with Gasteiger partial charge in [0.15, 0.2) is 5.16 Å². The molecule has 0 spiro atoms. The highest BCUT2D eigenvalue weighted by Gasteiger charge is 2.24. The zero-order valence-corrected chi connectivity index (χ0v) is 17.0. The molecule has 0 aliphatic carbocycles. The number of carbonyl (C=O) groups excluding carboxylic acids is 1. The third-order valence-electron chi connectivity index (χ3n) is 4.98. The average Bonchev–Trinajstić information content (AvgIpc) is 3.36. The van der Waals surface area contributed by atoms with E-state index in [1.54, 1.807) is 36.2 Å². The zero-order valence-electron chi connectivity index (χ0n) is 16.2. The number of anilines is 1. The summed E-state index contributed by atoms with van der Waals surface area (Å²) in [4.78, 5) is 21.5. The minimum atomic E-state index is -0.405. The van der Waals surface area contributed by atoms with Crippen LogP contribution in [0.1, 0.15) is 10.4 Å². The van der Waals surface area contributed by atoms with Crippen molar-refractivity contribution in [2.75, 3.05) is 11.1 Å². The monoisotopic (exact) mass is 434 g/mol. The molecule has 8 heteroatoms. The number of nitrogens with one attached hydrogen (secondary N) is 1. The number of pyridine rings is 1. The number of imidazole rings is 1. The van der Waals surface area contributed by atoms with Crippen molar-refractivity contribution in [2.45, 2.75) is 11.7 Å². The highest BCUT2D eigenvalue weighted by atomic mass is 32.2.